The molecular weight excluding hydrogens is 363 g/mol. The molecule has 2 fully saturated rings. The number of ether oxygens (including phenoxy) is 1. The van der Waals surface area contributed by atoms with E-state index in [1.807, 2.05) is 0 Å². The van der Waals surface area contributed by atoms with Crippen LogP contribution in [0.1, 0.15) is 25.7 Å². The zero-order valence-corrected chi connectivity index (χ0v) is 17.3. The zero-order chi connectivity index (χ0) is 16.7. The topological polar surface area (TPSA) is 70.8 Å². The van der Waals surface area contributed by atoms with Crippen molar-refractivity contribution >= 4 is 30.7 Å². The molecule has 150 valence electrons. The van der Waals surface area contributed by atoms with Gasteiger partial charge in [-0.1, -0.05) is 0 Å². The van der Waals surface area contributed by atoms with E-state index in [0.717, 1.165) is 45.6 Å². The molecule has 0 aliphatic carbocycles. The van der Waals surface area contributed by atoms with Crippen molar-refractivity contribution in [2.45, 2.75) is 25.7 Å². The van der Waals surface area contributed by atoms with Crippen LogP contribution in [0.15, 0.2) is 0 Å². The first-order chi connectivity index (χ1) is 11.1. The monoisotopic (exact) mass is 398 g/mol. The van der Waals surface area contributed by atoms with E-state index in [1.54, 1.807) is 0 Å². The normalized spacial score (nSPS) is 21.3. The van der Waals surface area contributed by atoms with Gasteiger partial charge in [-0.05, 0) is 58.8 Å². The highest BCUT2D eigenvalue weighted by atomic mass is 35.5. The van der Waals surface area contributed by atoms with Crippen molar-refractivity contribution in [2.75, 3.05) is 66.6 Å². The van der Waals surface area contributed by atoms with Crippen LogP contribution in [0.3, 0.4) is 0 Å². The van der Waals surface area contributed by atoms with E-state index in [-0.39, 0.29) is 30.7 Å². The Morgan fingerprint density at radius 2 is 1.84 bits per heavy atom. The summed E-state index contributed by atoms with van der Waals surface area (Å²) >= 11 is 0. The molecule has 2 aliphatic rings. The van der Waals surface area contributed by atoms with Gasteiger partial charge in [0.2, 0.25) is 5.91 Å². The Balaban J connectivity index is 0.00000288. The fourth-order valence-corrected chi connectivity index (χ4v) is 3.47. The minimum Gasteiger partial charge on any atom is -0.381 e. The van der Waals surface area contributed by atoms with E-state index in [9.17, 15) is 4.79 Å². The molecule has 0 aromatic rings. The van der Waals surface area contributed by atoms with Gasteiger partial charge in [-0.3, -0.25) is 4.79 Å². The van der Waals surface area contributed by atoms with Crippen LogP contribution < -0.4 is 11.1 Å². The molecule has 2 aliphatic heterocycles. The summed E-state index contributed by atoms with van der Waals surface area (Å²) in [7, 11) is 4.23. The first-order valence-electron chi connectivity index (χ1n) is 8.99. The summed E-state index contributed by atoms with van der Waals surface area (Å²) in [5.74, 6) is 0.738. The van der Waals surface area contributed by atoms with Crippen molar-refractivity contribution < 1.29 is 9.53 Å². The highest BCUT2D eigenvalue weighted by Crippen LogP contribution is 2.29. The molecule has 0 atom stereocenters. The van der Waals surface area contributed by atoms with Gasteiger partial charge >= 0.3 is 0 Å². The maximum atomic E-state index is 12.6. The van der Waals surface area contributed by atoms with Crippen LogP contribution in [0, 0.1) is 11.3 Å². The zero-order valence-electron chi connectivity index (χ0n) is 15.7. The van der Waals surface area contributed by atoms with Gasteiger partial charge in [0.15, 0.2) is 0 Å². The number of nitrogens with zero attached hydrogens (tertiary/aromatic N) is 2. The average Bonchev–Trinajstić information content (AvgIpc) is 2.59. The molecule has 6 nitrogen and oxygen atoms in total. The lowest BCUT2D eigenvalue weighted by Crippen LogP contribution is -2.50. The molecule has 0 aromatic heterocycles. The first-order valence-corrected chi connectivity index (χ1v) is 8.99. The molecule has 0 unspecified atom stereocenters. The van der Waals surface area contributed by atoms with Crippen LogP contribution >= 0.6 is 24.8 Å². The Hall–Kier alpha value is -0.110. The average molecular weight is 399 g/mol. The number of nitrogens with one attached hydrogen (secondary N) is 1. The molecule has 3 N–H and O–H groups in total. The quantitative estimate of drug-likeness (QED) is 0.668. The van der Waals surface area contributed by atoms with Crippen LogP contribution in [-0.4, -0.2) is 82.3 Å². The van der Waals surface area contributed by atoms with Crippen molar-refractivity contribution in [3.05, 3.63) is 0 Å². The number of likely N-dealkylation sites (tertiary alicyclic amines) is 1. The smallest absolute Gasteiger partial charge is 0.227 e. The van der Waals surface area contributed by atoms with E-state index >= 15 is 0 Å². The molecule has 0 spiro atoms. The lowest BCUT2D eigenvalue weighted by molar-refractivity contribution is -0.136. The second kappa shape index (κ2) is 12.3. The standard InChI is InChI=1S/C17H34N4O2.2ClH/c1-20(2)9-10-21-7-3-15(4-8-21)13-19-16(22)17(14-18)5-11-23-12-6-17;;/h15H,3-14,18H2,1-2H3,(H,19,22);2*1H. The van der Waals surface area contributed by atoms with Crippen molar-refractivity contribution in [2.24, 2.45) is 17.1 Å². The summed E-state index contributed by atoms with van der Waals surface area (Å²) < 4.78 is 5.38. The molecule has 2 saturated heterocycles. The van der Waals surface area contributed by atoms with E-state index in [0.29, 0.717) is 25.7 Å². The fourth-order valence-electron chi connectivity index (χ4n) is 3.47. The van der Waals surface area contributed by atoms with Crippen molar-refractivity contribution in [1.29, 1.82) is 0 Å². The molecule has 0 aromatic carbocycles. The van der Waals surface area contributed by atoms with Gasteiger partial charge in [0.1, 0.15) is 0 Å². The Labute approximate surface area is 165 Å². The van der Waals surface area contributed by atoms with Gasteiger partial charge in [0.05, 0.1) is 5.41 Å². The minimum atomic E-state index is -0.398. The SMILES string of the molecule is CN(C)CCN1CCC(CNC(=O)C2(CN)CCOCC2)CC1.Cl.Cl. The predicted molar refractivity (Wildman–Crippen MR) is 107 cm³/mol. The van der Waals surface area contributed by atoms with Crippen LogP contribution in [0.2, 0.25) is 0 Å². The lowest BCUT2D eigenvalue weighted by Gasteiger charge is -2.36. The van der Waals surface area contributed by atoms with Crippen LogP contribution in [0.5, 0.6) is 0 Å². The van der Waals surface area contributed by atoms with Crippen LogP contribution in [-0.2, 0) is 9.53 Å². The fraction of sp³-hybridized carbons (Fsp3) is 0.941. The van der Waals surface area contributed by atoms with Gasteiger partial charge in [0, 0.05) is 39.4 Å². The largest absolute Gasteiger partial charge is 0.381 e. The van der Waals surface area contributed by atoms with Gasteiger partial charge in [-0.2, -0.15) is 0 Å². The molecule has 0 bridgehead atoms. The van der Waals surface area contributed by atoms with Crippen LogP contribution in [0.4, 0.5) is 0 Å². The Bertz CT molecular complexity index is 372. The molecule has 0 radical (unpaired) electrons. The second-order valence-electron chi connectivity index (χ2n) is 7.40. The van der Waals surface area contributed by atoms with Gasteiger partial charge in [0.25, 0.3) is 0 Å². The number of rotatable bonds is 7. The summed E-state index contributed by atoms with van der Waals surface area (Å²) in [5.41, 5.74) is 5.50. The molecule has 1 amide bonds. The summed E-state index contributed by atoms with van der Waals surface area (Å²) in [6.07, 6.45) is 3.84. The number of carbonyl (C=O) groups is 1. The summed E-state index contributed by atoms with van der Waals surface area (Å²) in [4.78, 5) is 17.3. The van der Waals surface area contributed by atoms with Crippen molar-refractivity contribution in [1.82, 2.24) is 15.1 Å². The number of hydrogen-bond acceptors (Lipinski definition) is 5. The highest BCUT2D eigenvalue weighted by molar-refractivity contribution is 5.85. The maximum Gasteiger partial charge on any atom is 0.227 e. The minimum absolute atomic E-state index is 0. The molecule has 25 heavy (non-hydrogen) atoms. The number of nitrogens with two attached hydrogens (primary N) is 1. The molecular formula is C17H36Cl2N4O2. The summed E-state index contributed by atoms with van der Waals surface area (Å²) in [5, 5.41) is 3.18. The number of likely N-dealkylation sites (N-methyl/N-ethyl adjacent to an activating group) is 1. The Morgan fingerprint density at radius 1 is 1.24 bits per heavy atom. The van der Waals surface area contributed by atoms with Crippen molar-refractivity contribution in [3.63, 3.8) is 0 Å². The number of carbonyl (C=O) groups excluding carboxylic acids is 1. The third kappa shape index (κ3) is 7.57. The summed E-state index contributed by atoms with van der Waals surface area (Å²) in [6, 6.07) is 0. The second-order valence-corrected chi connectivity index (χ2v) is 7.40. The summed E-state index contributed by atoms with van der Waals surface area (Å²) in [6.45, 7) is 7.05. The molecule has 2 rings (SSSR count). The highest BCUT2D eigenvalue weighted by Gasteiger charge is 2.38. The maximum absolute atomic E-state index is 12.6. The number of piperidine rings is 1. The number of amides is 1. The van der Waals surface area contributed by atoms with Gasteiger partial charge < -0.3 is 25.6 Å². The first kappa shape index (κ1) is 24.9. The van der Waals surface area contributed by atoms with E-state index in [2.05, 4.69) is 29.2 Å². The third-order valence-corrected chi connectivity index (χ3v) is 5.44. The Kier molecular flexibility index (Phi) is 12.3. The number of hydrogen-bond donors (Lipinski definition) is 2. The van der Waals surface area contributed by atoms with E-state index in [4.69, 9.17) is 10.5 Å². The van der Waals surface area contributed by atoms with E-state index < -0.39 is 5.41 Å². The van der Waals surface area contributed by atoms with Gasteiger partial charge in [-0.15, -0.1) is 24.8 Å². The molecule has 2 heterocycles. The van der Waals surface area contributed by atoms with Crippen molar-refractivity contribution in [3.8, 4) is 0 Å². The predicted octanol–water partition coefficient (Wildman–Crippen LogP) is 0.975. The third-order valence-electron chi connectivity index (χ3n) is 5.44. The van der Waals surface area contributed by atoms with Gasteiger partial charge in [-0.25, -0.2) is 0 Å². The molecule has 0 saturated carbocycles. The van der Waals surface area contributed by atoms with Crippen LogP contribution in [0.25, 0.3) is 0 Å². The van der Waals surface area contributed by atoms with E-state index in [1.165, 1.54) is 12.8 Å². The lowest BCUT2D eigenvalue weighted by atomic mass is 9.79. The Morgan fingerprint density at radius 3 is 2.36 bits per heavy atom. The number of halogens is 2. The molecule has 8 heteroatoms.